The molecule has 0 bridgehead atoms. The van der Waals surface area contributed by atoms with Crippen molar-refractivity contribution in [3.05, 3.63) is 107 Å². The van der Waals surface area contributed by atoms with Crippen LogP contribution < -0.4 is 4.90 Å². The molecular weight excluding hydrogens is 486 g/mol. The summed E-state index contributed by atoms with van der Waals surface area (Å²) in [5.41, 5.74) is 3.89. The first-order chi connectivity index (χ1) is 18.2. The number of carbonyl (C=O) groups is 1. The molecule has 3 aromatic carbocycles. The summed E-state index contributed by atoms with van der Waals surface area (Å²) in [5.74, 6) is 1.46. The molecule has 6 rings (SSSR count). The molecule has 0 spiro atoms. The predicted octanol–water partition coefficient (Wildman–Crippen LogP) is 5.49. The van der Waals surface area contributed by atoms with Gasteiger partial charge in [-0.25, -0.2) is 4.98 Å². The number of rotatable bonds is 5. The smallest absolute Gasteiger partial charge is 0.263 e. The number of amides is 1. The Morgan fingerprint density at radius 1 is 0.838 bits per heavy atom. The summed E-state index contributed by atoms with van der Waals surface area (Å²) in [6.07, 6.45) is 0.584. The van der Waals surface area contributed by atoms with Crippen LogP contribution in [0.15, 0.2) is 89.5 Å². The van der Waals surface area contributed by atoms with Crippen LogP contribution in [0, 0.1) is 0 Å². The second-order valence-electron chi connectivity index (χ2n) is 8.99. The molecular formula is C29H24ClN5O2. The predicted molar refractivity (Wildman–Crippen MR) is 144 cm³/mol. The van der Waals surface area contributed by atoms with E-state index in [1.54, 1.807) is 24.3 Å². The van der Waals surface area contributed by atoms with Gasteiger partial charge >= 0.3 is 0 Å². The Morgan fingerprint density at radius 3 is 2.22 bits per heavy atom. The molecule has 5 aromatic rings. The van der Waals surface area contributed by atoms with E-state index >= 15 is 0 Å². The number of aromatic nitrogens is 3. The number of piperazine rings is 1. The highest BCUT2D eigenvalue weighted by atomic mass is 35.5. The van der Waals surface area contributed by atoms with Gasteiger partial charge in [-0.2, -0.15) is 4.98 Å². The van der Waals surface area contributed by atoms with E-state index in [0.717, 1.165) is 28.0 Å². The van der Waals surface area contributed by atoms with Crippen LogP contribution in [0.2, 0.25) is 5.02 Å². The fourth-order valence-electron chi connectivity index (χ4n) is 4.66. The third-order valence-corrected chi connectivity index (χ3v) is 6.83. The fraction of sp³-hybridized carbons (Fsp3) is 0.172. The summed E-state index contributed by atoms with van der Waals surface area (Å²) in [5, 5.41) is 5.79. The van der Waals surface area contributed by atoms with Crippen molar-refractivity contribution in [1.29, 1.82) is 0 Å². The number of hydrogen-bond donors (Lipinski definition) is 0. The molecule has 0 aliphatic carbocycles. The second kappa shape index (κ2) is 10.0. The minimum absolute atomic E-state index is 0.00358. The van der Waals surface area contributed by atoms with Gasteiger partial charge in [0.2, 0.25) is 0 Å². The number of hydrogen-bond acceptors (Lipinski definition) is 6. The Labute approximate surface area is 219 Å². The van der Waals surface area contributed by atoms with E-state index in [1.807, 2.05) is 53.4 Å². The van der Waals surface area contributed by atoms with E-state index in [4.69, 9.17) is 26.1 Å². The van der Waals surface area contributed by atoms with Crippen LogP contribution in [0.4, 0.5) is 5.82 Å². The molecule has 8 heteroatoms. The van der Waals surface area contributed by atoms with Crippen LogP contribution in [0.5, 0.6) is 0 Å². The van der Waals surface area contributed by atoms with Crippen molar-refractivity contribution >= 4 is 34.4 Å². The first-order valence-electron chi connectivity index (χ1n) is 12.2. The lowest BCUT2D eigenvalue weighted by Crippen LogP contribution is -2.49. The third kappa shape index (κ3) is 4.78. The molecule has 37 heavy (non-hydrogen) atoms. The zero-order valence-corrected chi connectivity index (χ0v) is 20.8. The summed E-state index contributed by atoms with van der Waals surface area (Å²) < 4.78 is 5.74. The fourth-order valence-corrected chi connectivity index (χ4v) is 4.78. The lowest BCUT2D eigenvalue weighted by molar-refractivity contribution is 0.0746. The molecule has 184 valence electrons. The molecule has 3 heterocycles. The van der Waals surface area contributed by atoms with Crippen molar-refractivity contribution < 1.29 is 9.32 Å². The van der Waals surface area contributed by atoms with Gasteiger partial charge in [0.25, 0.3) is 11.6 Å². The Balaban J connectivity index is 1.33. The maximum absolute atomic E-state index is 13.0. The van der Waals surface area contributed by atoms with Gasteiger partial charge in [0.1, 0.15) is 22.7 Å². The normalized spacial score (nSPS) is 13.8. The molecule has 1 aliphatic heterocycles. The van der Waals surface area contributed by atoms with E-state index in [-0.39, 0.29) is 5.91 Å². The number of carbonyl (C=O) groups excluding carboxylic acids is 1. The quantitative estimate of drug-likeness (QED) is 0.312. The average molecular weight is 510 g/mol. The van der Waals surface area contributed by atoms with Gasteiger partial charge in [-0.3, -0.25) is 4.79 Å². The highest BCUT2D eigenvalue weighted by molar-refractivity contribution is 6.30. The second-order valence-corrected chi connectivity index (χ2v) is 9.43. The molecule has 0 unspecified atom stereocenters. The van der Waals surface area contributed by atoms with Crippen molar-refractivity contribution in [2.24, 2.45) is 0 Å². The Hall–Kier alpha value is -4.23. The number of anilines is 1. The number of fused-ring (bicyclic) bond motifs is 1. The summed E-state index contributed by atoms with van der Waals surface area (Å²) in [4.78, 5) is 26.8. The van der Waals surface area contributed by atoms with E-state index < -0.39 is 0 Å². The van der Waals surface area contributed by atoms with Gasteiger partial charge in [0, 0.05) is 48.7 Å². The van der Waals surface area contributed by atoms with E-state index in [0.29, 0.717) is 54.7 Å². The van der Waals surface area contributed by atoms with E-state index in [9.17, 15) is 4.79 Å². The molecule has 0 radical (unpaired) electrons. The topological polar surface area (TPSA) is 75.4 Å². The van der Waals surface area contributed by atoms with Crippen molar-refractivity contribution in [1.82, 2.24) is 20.0 Å². The van der Waals surface area contributed by atoms with Crippen LogP contribution in [0.3, 0.4) is 0 Å². The SMILES string of the molecule is O=C(c1ccc(Cl)cc1)N1CCN(c2nc(Cc3ccccc3)nc3onc(-c4ccccc4)c23)CC1. The molecule has 0 saturated carbocycles. The van der Waals surface area contributed by atoms with Crippen LogP contribution in [0.25, 0.3) is 22.4 Å². The maximum Gasteiger partial charge on any atom is 0.263 e. The Morgan fingerprint density at radius 2 is 1.51 bits per heavy atom. The van der Waals surface area contributed by atoms with Crippen LogP contribution in [-0.4, -0.2) is 52.1 Å². The zero-order chi connectivity index (χ0) is 25.2. The monoisotopic (exact) mass is 509 g/mol. The van der Waals surface area contributed by atoms with Gasteiger partial charge in [-0.15, -0.1) is 0 Å². The maximum atomic E-state index is 13.0. The van der Waals surface area contributed by atoms with Crippen molar-refractivity contribution in [2.75, 3.05) is 31.1 Å². The highest BCUT2D eigenvalue weighted by Gasteiger charge is 2.27. The zero-order valence-electron chi connectivity index (χ0n) is 20.0. The Bertz CT molecular complexity index is 1530. The van der Waals surface area contributed by atoms with Crippen LogP contribution in [-0.2, 0) is 6.42 Å². The van der Waals surface area contributed by atoms with E-state index in [2.05, 4.69) is 22.2 Å². The van der Waals surface area contributed by atoms with Crippen molar-refractivity contribution in [2.45, 2.75) is 6.42 Å². The summed E-state index contributed by atoms with van der Waals surface area (Å²) >= 11 is 5.99. The molecule has 0 N–H and O–H groups in total. The Kier molecular flexibility index (Phi) is 6.28. The van der Waals surface area contributed by atoms with Gasteiger partial charge in [0.05, 0.1) is 0 Å². The average Bonchev–Trinajstić information content (AvgIpc) is 3.38. The lowest BCUT2D eigenvalue weighted by atomic mass is 10.1. The minimum atomic E-state index is 0.00358. The van der Waals surface area contributed by atoms with Crippen LogP contribution >= 0.6 is 11.6 Å². The molecule has 1 fully saturated rings. The van der Waals surface area contributed by atoms with Gasteiger partial charge in [-0.05, 0) is 29.8 Å². The standard InChI is InChI=1S/C29H24ClN5O2/c30-23-13-11-22(12-14-23)29(36)35-17-15-34(16-18-35)27-25-26(21-9-5-2-6-10-21)33-37-28(25)32-24(31-27)19-20-7-3-1-4-8-20/h1-14H,15-19H2. The van der Waals surface area contributed by atoms with Gasteiger partial charge in [0.15, 0.2) is 0 Å². The first kappa shape index (κ1) is 23.2. The van der Waals surface area contributed by atoms with Gasteiger partial charge < -0.3 is 14.3 Å². The summed E-state index contributed by atoms with van der Waals surface area (Å²) in [6, 6.07) is 27.1. The number of nitrogens with zero attached hydrogens (tertiary/aromatic N) is 5. The van der Waals surface area contributed by atoms with Gasteiger partial charge in [-0.1, -0.05) is 77.4 Å². The van der Waals surface area contributed by atoms with Crippen molar-refractivity contribution in [3.63, 3.8) is 0 Å². The van der Waals surface area contributed by atoms with E-state index in [1.165, 1.54) is 0 Å². The molecule has 2 aromatic heterocycles. The molecule has 1 amide bonds. The van der Waals surface area contributed by atoms with Crippen LogP contribution in [0.1, 0.15) is 21.7 Å². The highest BCUT2D eigenvalue weighted by Crippen LogP contribution is 2.34. The number of halogens is 1. The van der Waals surface area contributed by atoms with Crippen molar-refractivity contribution in [3.8, 4) is 11.3 Å². The summed E-state index contributed by atoms with van der Waals surface area (Å²) in [7, 11) is 0. The molecule has 0 atom stereocenters. The molecule has 1 saturated heterocycles. The molecule has 7 nitrogen and oxygen atoms in total. The first-order valence-corrected chi connectivity index (χ1v) is 12.6. The molecule has 1 aliphatic rings. The summed E-state index contributed by atoms with van der Waals surface area (Å²) in [6.45, 7) is 2.42. The minimum Gasteiger partial charge on any atom is -0.352 e. The lowest BCUT2D eigenvalue weighted by Gasteiger charge is -2.35. The largest absolute Gasteiger partial charge is 0.352 e. The third-order valence-electron chi connectivity index (χ3n) is 6.57. The number of benzene rings is 3.